The van der Waals surface area contributed by atoms with Gasteiger partial charge in [-0.3, -0.25) is 9.59 Å². The van der Waals surface area contributed by atoms with Crippen LogP contribution in [0, 0.1) is 11.8 Å². The van der Waals surface area contributed by atoms with E-state index in [1.165, 1.54) is 7.11 Å². The molecule has 3 aliphatic heterocycles. The van der Waals surface area contributed by atoms with Gasteiger partial charge in [-0.2, -0.15) is 0 Å². The van der Waals surface area contributed by atoms with E-state index in [2.05, 4.69) is 10.2 Å². The predicted octanol–water partition coefficient (Wildman–Crippen LogP) is 0.318. The normalized spacial score (nSPS) is 36.5. The molecule has 0 spiro atoms. The SMILES string of the molecule is COc1ccc(N2C(=O)[C@H]3[C@H]4C=C[C@@](C)(O4)[C@H]3C2=O)nn1. The second-order valence-corrected chi connectivity index (χ2v) is 5.57. The first kappa shape index (κ1) is 12.5. The maximum absolute atomic E-state index is 12.6. The summed E-state index contributed by atoms with van der Waals surface area (Å²) < 4.78 is 10.7. The lowest BCUT2D eigenvalue weighted by Crippen LogP contribution is -2.39. The Morgan fingerprint density at radius 3 is 2.71 bits per heavy atom. The Labute approximate surface area is 120 Å². The topological polar surface area (TPSA) is 81.6 Å². The van der Waals surface area contributed by atoms with Crippen LogP contribution in [0.3, 0.4) is 0 Å². The van der Waals surface area contributed by atoms with E-state index in [4.69, 9.17) is 9.47 Å². The Balaban J connectivity index is 1.72. The van der Waals surface area contributed by atoms with Crippen molar-refractivity contribution in [1.29, 1.82) is 0 Å². The molecule has 4 heterocycles. The fraction of sp³-hybridized carbons (Fsp3) is 0.429. The van der Waals surface area contributed by atoms with Crippen molar-refractivity contribution in [1.82, 2.24) is 10.2 Å². The number of fused-ring (bicyclic) bond motifs is 5. The van der Waals surface area contributed by atoms with Crippen molar-refractivity contribution >= 4 is 17.6 Å². The van der Waals surface area contributed by atoms with E-state index in [1.807, 2.05) is 19.1 Å². The first-order chi connectivity index (χ1) is 10.0. The van der Waals surface area contributed by atoms with E-state index in [0.29, 0.717) is 5.88 Å². The lowest BCUT2D eigenvalue weighted by Gasteiger charge is -2.23. The van der Waals surface area contributed by atoms with Gasteiger partial charge in [-0.05, 0) is 13.0 Å². The van der Waals surface area contributed by atoms with Crippen molar-refractivity contribution in [2.75, 3.05) is 12.0 Å². The summed E-state index contributed by atoms with van der Waals surface area (Å²) >= 11 is 0. The molecule has 2 saturated heterocycles. The molecule has 2 amide bonds. The molecule has 4 rings (SSSR count). The van der Waals surface area contributed by atoms with Crippen LogP contribution in [0.2, 0.25) is 0 Å². The van der Waals surface area contributed by atoms with Crippen LogP contribution >= 0.6 is 0 Å². The Kier molecular flexibility index (Phi) is 2.30. The van der Waals surface area contributed by atoms with Crippen molar-refractivity contribution in [3.05, 3.63) is 24.3 Å². The average molecular weight is 287 g/mol. The molecule has 0 aliphatic carbocycles. The highest BCUT2D eigenvalue weighted by Gasteiger charge is 2.66. The number of anilines is 1. The standard InChI is InChI=1S/C14H13N3O4/c1-14-6-5-7(21-14)10-11(14)13(19)17(12(10)18)8-3-4-9(20-2)16-15-8/h3-7,10-11H,1-2H3/t7-,10+,11-,14-/m1/s1. The summed E-state index contributed by atoms with van der Waals surface area (Å²) in [6.07, 6.45) is 3.40. The zero-order chi connectivity index (χ0) is 14.8. The van der Waals surface area contributed by atoms with Gasteiger partial charge in [0.05, 0.1) is 30.7 Å². The lowest BCUT2D eigenvalue weighted by atomic mass is 9.78. The molecule has 7 nitrogen and oxygen atoms in total. The van der Waals surface area contributed by atoms with Gasteiger partial charge in [-0.25, -0.2) is 4.90 Å². The molecule has 0 aromatic carbocycles. The molecule has 0 N–H and O–H groups in total. The third kappa shape index (κ3) is 1.46. The molecule has 0 radical (unpaired) electrons. The molecule has 3 aliphatic rings. The number of imide groups is 1. The molecular weight excluding hydrogens is 274 g/mol. The van der Waals surface area contributed by atoms with Gasteiger partial charge >= 0.3 is 0 Å². The Morgan fingerprint density at radius 1 is 1.29 bits per heavy atom. The van der Waals surface area contributed by atoms with Crippen molar-refractivity contribution < 1.29 is 19.1 Å². The number of carbonyl (C=O) groups is 2. The summed E-state index contributed by atoms with van der Waals surface area (Å²) in [4.78, 5) is 26.3. The van der Waals surface area contributed by atoms with Gasteiger partial charge in [0.25, 0.3) is 0 Å². The van der Waals surface area contributed by atoms with Crippen LogP contribution in [0.15, 0.2) is 24.3 Å². The highest BCUT2D eigenvalue weighted by molar-refractivity contribution is 6.22. The molecule has 0 unspecified atom stereocenters. The molecule has 21 heavy (non-hydrogen) atoms. The molecule has 2 bridgehead atoms. The summed E-state index contributed by atoms with van der Waals surface area (Å²) in [6.45, 7) is 1.84. The molecule has 7 heteroatoms. The van der Waals surface area contributed by atoms with Crippen LogP contribution in [0.1, 0.15) is 6.92 Å². The van der Waals surface area contributed by atoms with Gasteiger partial charge in [0, 0.05) is 6.07 Å². The third-order valence-corrected chi connectivity index (χ3v) is 4.39. The highest BCUT2D eigenvalue weighted by atomic mass is 16.5. The van der Waals surface area contributed by atoms with Gasteiger partial charge < -0.3 is 9.47 Å². The number of methoxy groups -OCH3 is 1. The quantitative estimate of drug-likeness (QED) is 0.575. The first-order valence-corrected chi connectivity index (χ1v) is 6.68. The Morgan fingerprint density at radius 2 is 2.10 bits per heavy atom. The van der Waals surface area contributed by atoms with E-state index in [9.17, 15) is 9.59 Å². The summed E-state index contributed by atoms with van der Waals surface area (Å²) in [7, 11) is 1.47. The number of aromatic nitrogens is 2. The maximum atomic E-state index is 12.6. The number of ether oxygens (including phenoxy) is 2. The smallest absolute Gasteiger partial charge is 0.242 e. The predicted molar refractivity (Wildman–Crippen MR) is 70.5 cm³/mol. The second kappa shape index (κ2) is 3.88. The number of rotatable bonds is 2. The minimum Gasteiger partial charge on any atom is -0.480 e. The highest BCUT2D eigenvalue weighted by Crippen LogP contribution is 2.51. The average Bonchev–Trinajstić information content (AvgIpc) is 3.09. The van der Waals surface area contributed by atoms with E-state index < -0.39 is 17.4 Å². The van der Waals surface area contributed by atoms with Gasteiger partial charge in [0.1, 0.15) is 0 Å². The van der Waals surface area contributed by atoms with Crippen LogP contribution < -0.4 is 9.64 Å². The molecule has 2 fully saturated rings. The molecule has 0 saturated carbocycles. The lowest BCUT2D eigenvalue weighted by molar-refractivity contribution is -0.126. The largest absolute Gasteiger partial charge is 0.480 e. The molecule has 108 valence electrons. The minimum absolute atomic E-state index is 0.225. The molecular formula is C14H13N3O4. The zero-order valence-electron chi connectivity index (χ0n) is 11.5. The van der Waals surface area contributed by atoms with E-state index in [1.54, 1.807) is 12.1 Å². The van der Waals surface area contributed by atoms with Crippen molar-refractivity contribution in [3.63, 3.8) is 0 Å². The summed E-state index contributed by atoms with van der Waals surface area (Å²) in [5.41, 5.74) is -0.698. The zero-order valence-corrected chi connectivity index (χ0v) is 11.5. The minimum atomic E-state index is -0.698. The summed E-state index contributed by atoms with van der Waals surface area (Å²) in [5.74, 6) is -0.945. The Bertz CT molecular complexity index is 671. The van der Waals surface area contributed by atoms with Crippen molar-refractivity contribution in [3.8, 4) is 5.88 Å². The number of hydrogen-bond donors (Lipinski definition) is 0. The Hall–Kier alpha value is -2.28. The van der Waals surface area contributed by atoms with Crippen LogP contribution in [-0.4, -0.2) is 40.8 Å². The third-order valence-electron chi connectivity index (χ3n) is 4.39. The van der Waals surface area contributed by atoms with E-state index >= 15 is 0 Å². The molecule has 1 aromatic rings. The van der Waals surface area contributed by atoms with Crippen LogP contribution in [0.4, 0.5) is 5.82 Å². The van der Waals surface area contributed by atoms with Crippen LogP contribution in [0.5, 0.6) is 5.88 Å². The van der Waals surface area contributed by atoms with Gasteiger partial charge in [-0.1, -0.05) is 12.2 Å². The van der Waals surface area contributed by atoms with Crippen molar-refractivity contribution in [2.24, 2.45) is 11.8 Å². The van der Waals surface area contributed by atoms with Crippen LogP contribution in [0.25, 0.3) is 0 Å². The van der Waals surface area contributed by atoms with E-state index in [-0.39, 0.29) is 23.7 Å². The molecule has 1 aromatic heterocycles. The van der Waals surface area contributed by atoms with Crippen molar-refractivity contribution in [2.45, 2.75) is 18.6 Å². The number of amides is 2. The summed E-state index contributed by atoms with van der Waals surface area (Å²) in [6, 6.07) is 3.13. The summed E-state index contributed by atoms with van der Waals surface area (Å²) in [5, 5.41) is 7.71. The monoisotopic (exact) mass is 287 g/mol. The fourth-order valence-corrected chi connectivity index (χ4v) is 3.42. The fourth-order valence-electron chi connectivity index (χ4n) is 3.42. The molecule has 4 atom stereocenters. The number of nitrogens with zero attached hydrogens (tertiary/aromatic N) is 3. The van der Waals surface area contributed by atoms with E-state index in [0.717, 1.165) is 4.90 Å². The first-order valence-electron chi connectivity index (χ1n) is 6.68. The maximum Gasteiger partial charge on any atom is 0.242 e. The van der Waals surface area contributed by atoms with Crippen LogP contribution in [-0.2, 0) is 14.3 Å². The number of hydrogen-bond acceptors (Lipinski definition) is 6. The second-order valence-electron chi connectivity index (χ2n) is 5.57. The van der Waals surface area contributed by atoms with Gasteiger partial charge in [0.15, 0.2) is 5.82 Å². The van der Waals surface area contributed by atoms with Gasteiger partial charge in [-0.15, -0.1) is 10.2 Å². The van der Waals surface area contributed by atoms with Gasteiger partial charge in [0.2, 0.25) is 17.7 Å². The number of carbonyl (C=O) groups excluding carboxylic acids is 2.